The topological polar surface area (TPSA) is 76.4 Å². The number of hydrogen-bond donors (Lipinski definition) is 2. The Balaban J connectivity index is 1.74. The highest BCUT2D eigenvalue weighted by Crippen LogP contribution is 2.14. The number of benzene rings is 1. The lowest BCUT2D eigenvalue weighted by molar-refractivity contribution is 0.238. The molecular weight excluding hydrogens is 306 g/mol. The summed E-state index contributed by atoms with van der Waals surface area (Å²) >= 11 is 0. The molecule has 2 N–H and O–H groups in total. The molecule has 6 heteroatoms. The number of ether oxygens (including phenoxy) is 1. The molecule has 0 saturated carbocycles. The number of carbonyl (C=O) groups excluding carboxylic acids is 1. The van der Waals surface area contributed by atoms with Crippen LogP contribution < -0.4 is 15.4 Å². The van der Waals surface area contributed by atoms with Gasteiger partial charge in [-0.3, -0.25) is 0 Å². The van der Waals surface area contributed by atoms with Gasteiger partial charge in [0.15, 0.2) is 5.76 Å². The Morgan fingerprint density at radius 2 is 1.79 bits per heavy atom. The summed E-state index contributed by atoms with van der Waals surface area (Å²) in [6, 6.07) is 9.28. The van der Waals surface area contributed by atoms with Crippen LogP contribution in [0, 0.1) is 0 Å². The van der Waals surface area contributed by atoms with Crippen molar-refractivity contribution in [1.82, 2.24) is 15.8 Å². The number of urea groups is 1. The van der Waals surface area contributed by atoms with E-state index < -0.39 is 0 Å². The molecule has 2 aromatic rings. The van der Waals surface area contributed by atoms with Crippen molar-refractivity contribution >= 4 is 6.03 Å². The molecule has 2 rings (SSSR count). The second-order valence-corrected chi connectivity index (χ2v) is 6.22. The SMILES string of the molecule is CC(C)Oc1ccc(CNC(=O)NCc2cc(C(C)C)no2)cc1. The van der Waals surface area contributed by atoms with Gasteiger partial charge in [0.05, 0.1) is 18.3 Å². The number of rotatable bonds is 7. The fourth-order valence-corrected chi connectivity index (χ4v) is 2.05. The molecular formula is C18H25N3O3. The summed E-state index contributed by atoms with van der Waals surface area (Å²) in [5, 5.41) is 9.51. The Morgan fingerprint density at radius 3 is 2.38 bits per heavy atom. The van der Waals surface area contributed by atoms with E-state index in [1.165, 1.54) is 0 Å². The third kappa shape index (κ3) is 5.61. The van der Waals surface area contributed by atoms with Crippen LogP contribution in [-0.4, -0.2) is 17.3 Å². The van der Waals surface area contributed by atoms with Crippen molar-refractivity contribution in [2.24, 2.45) is 0 Å². The fourth-order valence-electron chi connectivity index (χ4n) is 2.05. The summed E-state index contributed by atoms with van der Waals surface area (Å²) in [5.74, 6) is 1.77. The van der Waals surface area contributed by atoms with E-state index in [9.17, 15) is 4.79 Å². The molecule has 0 aliphatic heterocycles. The minimum absolute atomic E-state index is 0.145. The van der Waals surface area contributed by atoms with Crippen LogP contribution in [0.25, 0.3) is 0 Å². The summed E-state index contributed by atoms with van der Waals surface area (Å²) in [4.78, 5) is 11.8. The van der Waals surface area contributed by atoms with Crippen LogP contribution in [0.3, 0.4) is 0 Å². The fraction of sp³-hybridized carbons (Fsp3) is 0.444. The number of nitrogens with zero attached hydrogens (tertiary/aromatic N) is 1. The minimum Gasteiger partial charge on any atom is -0.491 e. The van der Waals surface area contributed by atoms with Crippen LogP contribution in [0.15, 0.2) is 34.9 Å². The molecule has 0 spiro atoms. The molecule has 2 amide bonds. The van der Waals surface area contributed by atoms with E-state index >= 15 is 0 Å². The second kappa shape index (κ2) is 8.38. The second-order valence-electron chi connectivity index (χ2n) is 6.22. The first-order chi connectivity index (χ1) is 11.4. The molecule has 0 bridgehead atoms. The van der Waals surface area contributed by atoms with Gasteiger partial charge in [-0.25, -0.2) is 4.79 Å². The lowest BCUT2D eigenvalue weighted by Crippen LogP contribution is -2.34. The Morgan fingerprint density at radius 1 is 1.12 bits per heavy atom. The van der Waals surface area contributed by atoms with Crippen LogP contribution in [0.1, 0.15) is 50.6 Å². The van der Waals surface area contributed by atoms with E-state index in [0.717, 1.165) is 17.0 Å². The highest BCUT2D eigenvalue weighted by atomic mass is 16.5. The molecule has 0 aliphatic carbocycles. The van der Waals surface area contributed by atoms with Crippen LogP contribution in [0.5, 0.6) is 5.75 Å². The van der Waals surface area contributed by atoms with E-state index in [2.05, 4.69) is 15.8 Å². The average molecular weight is 331 g/mol. The Labute approximate surface area is 142 Å². The minimum atomic E-state index is -0.250. The third-order valence-electron chi connectivity index (χ3n) is 3.34. The summed E-state index contributed by atoms with van der Waals surface area (Å²) in [6.45, 7) is 8.81. The molecule has 6 nitrogen and oxygen atoms in total. The Bertz CT molecular complexity index is 648. The van der Waals surface area contributed by atoms with Crippen LogP contribution in [0.2, 0.25) is 0 Å². The van der Waals surface area contributed by atoms with E-state index in [1.807, 2.05) is 58.0 Å². The van der Waals surface area contributed by atoms with Crippen LogP contribution >= 0.6 is 0 Å². The summed E-state index contributed by atoms with van der Waals surface area (Å²) in [6.07, 6.45) is 0.145. The zero-order valence-electron chi connectivity index (χ0n) is 14.6. The molecule has 0 saturated heterocycles. The normalized spacial score (nSPS) is 10.9. The molecule has 0 fully saturated rings. The third-order valence-corrected chi connectivity index (χ3v) is 3.34. The van der Waals surface area contributed by atoms with Gasteiger partial charge < -0.3 is 19.9 Å². The number of hydrogen-bond acceptors (Lipinski definition) is 4. The number of aromatic nitrogens is 1. The van der Waals surface area contributed by atoms with Gasteiger partial charge in [-0.2, -0.15) is 0 Å². The zero-order valence-corrected chi connectivity index (χ0v) is 14.6. The summed E-state index contributed by atoms with van der Waals surface area (Å²) in [7, 11) is 0. The van der Waals surface area contributed by atoms with Gasteiger partial charge in [0, 0.05) is 12.6 Å². The van der Waals surface area contributed by atoms with Gasteiger partial charge in [0.2, 0.25) is 0 Å². The van der Waals surface area contributed by atoms with Crippen molar-refractivity contribution in [2.45, 2.75) is 52.8 Å². The van der Waals surface area contributed by atoms with Gasteiger partial charge in [0.1, 0.15) is 5.75 Å². The summed E-state index contributed by atoms with van der Waals surface area (Å²) in [5.41, 5.74) is 1.89. The van der Waals surface area contributed by atoms with E-state index in [0.29, 0.717) is 24.8 Å². The first kappa shape index (κ1) is 17.8. The molecule has 1 heterocycles. The van der Waals surface area contributed by atoms with Crippen molar-refractivity contribution in [1.29, 1.82) is 0 Å². The average Bonchev–Trinajstić information content (AvgIpc) is 3.01. The quantitative estimate of drug-likeness (QED) is 0.813. The molecule has 1 aromatic heterocycles. The maximum absolute atomic E-state index is 11.8. The predicted molar refractivity (Wildman–Crippen MR) is 91.9 cm³/mol. The molecule has 0 aliphatic rings. The largest absolute Gasteiger partial charge is 0.491 e. The van der Waals surface area contributed by atoms with Crippen LogP contribution in [0.4, 0.5) is 4.79 Å². The molecule has 1 aromatic carbocycles. The monoisotopic (exact) mass is 331 g/mol. The number of nitrogens with one attached hydrogen (secondary N) is 2. The predicted octanol–water partition coefficient (Wildman–Crippen LogP) is 3.58. The molecule has 0 atom stereocenters. The first-order valence-electron chi connectivity index (χ1n) is 8.17. The van der Waals surface area contributed by atoms with Crippen molar-refractivity contribution in [2.75, 3.05) is 0 Å². The van der Waals surface area contributed by atoms with Gasteiger partial charge in [-0.05, 0) is 37.5 Å². The lowest BCUT2D eigenvalue weighted by Gasteiger charge is -2.10. The summed E-state index contributed by atoms with van der Waals surface area (Å²) < 4.78 is 10.8. The van der Waals surface area contributed by atoms with Gasteiger partial charge in [-0.15, -0.1) is 0 Å². The van der Waals surface area contributed by atoms with Gasteiger partial charge in [0.25, 0.3) is 0 Å². The molecule has 0 unspecified atom stereocenters. The maximum Gasteiger partial charge on any atom is 0.315 e. The molecule has 24 heavy (non-hydrogen) atoms. The van der Waals surface area contributed by atoms with E-state index in [-0.39, 0.29) is 12.1 Å². The zero-order chi connectivity index (χ0) is 17.5. The smallest absolute Gasteiger partial charge is 0.315 e. The van der Waals surface area contributed by atoms with Crippen LogP contribution in [-0.2, 0) is 13.1 Å². The van der Waals surface area contributed by atoms with Crippen molar-refractivity contribution in [3.05, 3.63) is 47.3 Å². The molecule has 130 valence electrons. The van der Waals surface area contributed by atoms with E-state index in [1.54, 1.807) is 0 Å². The highest BCUT2D eigenvalue weighted by Gasteiger charge is 2.08. The Kier molecular flexibility index (Phi) is 6.23. The maximum atomic E-state index is 11.8. The molecule has 0 radical (unpaired) electrons. The van der Waals surface area contributed by atoms with Gasteiger partial charge >= 0.3 is 6.03 Å². The van der Waals surface area contributed by atoms with Gasteiger partial charge in [-0.1, -0.05) is 31.1 Å². The number of carbonyl (C=O) groups is 1. The Hall–Kier alpha value is -2.50. The van der Waals surface area contributed by atoms with Crippen molar-refractivity contribution < 1.29 is 14.1 Å². The van der Waals surface area contributed by atoms with Crippen molar-refractivity contribution in [3.8, 4) is 5.75 Å². The standard InChI is InChI=1S/C18H25N3O3/c1-12(2)17-9-16(24-21-17)11-20-18(22)19-10-14-5-7-15(8-6-14)23-13(3)4/h5-9,12-13H,10-11H2,1-4H3,(H2,19,20,22). The lowest BCUT2D eigenvalue weighted by atomic mass is 10.1. The highest BCUT2D eigenvalue weighted by molar-refractivity contribution is 5.73. The first-order valence-corrected chi connectivity index (χ1v) is 8.17. The number of amides is 2. The van der Waals surface area contributed by atoms with Crippen molar-refractivity contribution in [3.63, 3.8) is 0 Å². The van der Waals surface area contributed by atoms with E-state index in [4.69, 9.17) is 9.26 Å².